The number of carboxylic acids is 1. The van der Waals surface area contributed by atoms with E-state index in [9.17, 15) is 14.4 Å². The Hall–Kier alpha value is -1.79. The number of aliphatic carboxylic acids is 1. The molecule has 1 aliphatic heterocycles. The summed E-state index contributed by atoms with van der Waals surface area (Å²) < 4.78 is 4.61. The average molecular weight is 216 g/mol. The van der Waals surface area contributed by atoms with Crippen molar-refractivity contribution in [1.82, 2.24) is 4.90 Å². The maximum absolute atomic E-state index is 11.1. The van der Waals surface area contributed by atoms with E-state index in [4.69, 9.17) is 10.8 Å². The molecule has 0 aromatic carbocycles. The smallest absolute Gasteiger partial charge is 0.410 e. The number of nitrogens with zero attached hydrogens (tertiary/aromatic N) is 1. The molecule has 0 bridgehead atoms. The lowest BCUT2D eigenvalue weighted by Crippen LogP contribution is -2.42. The second-order valence-electron chi connectivity index (χ2n) is 3.17. The predicted molar refractivity (Wildman–Crippen MR) is 47.9 cm³/mol. The SMILES string of the molecule is NC(=O)CCC(C(=O)O)N1CCOC1=O. The van der Waals surface area contributed by atoms with Gasteiger partial charge in [0, 0.05) is 6.42 Å². The average Bonchev–Trinajstić information content (AvgIpc) is 2.51. The van der Waals surface area contributed by atoms with Crippen LogP contribution in [-0.4, -0.2) is 47.2 Å². The highest BCUT2D eigenvalue weighted by molar-refractivity contribution is 5.82. The van der Waals surface area contributed by atoms with Gasteiger partial charge in [0.15, 0.2) is 0 Å². The van der Waals surface area contributed by atoms with Crippen LogP contribution in [0.2, 0.25) is 0 Å². The summed E-state index contributed by atoms with van der Waals surface area (Å²) in [6, 6.07) is -1.03. The predicted octanol–water partition coefficient (Wildman–Crippen LogP) is -0.843. The fourth-order valence-electron chi connectivity index (χ4n) is 1.38. The van der Waals surface area contributed by atoms with Gasteiger partial charge in [0.2, 0.25) is 5.91 Å². The number of ether oxygens (including phenoxy) is 1. The molecule has 7 nitrogen and oxygen atoms in total. The molecular weight excluding hydrogens is 204 g/mol. The number of primary amides is 1. The van der Waals surface area contributed by atoms with Crippen LogP contribution in [0.1, 0.15) is 12.8 Å². The van der Waals surface area contributed by atoms with Gasteiger partial charge >= 0.3 is 12.1 Å². The highest BCUT2D eigenvalue weighted by Gasteiger charge is 2.34. The first-order chi connectivity index (χ1) is 7.02. The second kappa shape index (κ2) is 4.63. The molecule has 1 saturated heterocycles. The zero-order valence-corrected chi connectivity index (χ0v) is 8.01. The molecule has 0 aliphatic carbocycles. The summed E-state index contributed by atoms with van der Waals surface area (Å²) in [5.41, 5.74) is 4.91. The van der Waals surface area contributed by atoms with Crippen molar-refractivity contribution in [2.24, 2.45) is 5.73 Å². The third-order valence-corrected chi connectivity index (χ3v) is 2.12. The molecule has 1 rings (SSSR count). The second-order valence-corrected chi connectivity index (χ2v) is 3.17. The molecule has 15 heavy (non-hydrogen) atoms. The molecule has 0 spiro atoms. The zero-order valence-electron chi connectivity index (χ0n) is 8.01. The van der Waals surface area contributed by atoms with Gasteiger partial charge in [-0.3, -0.25) is 9.69 Å². The molecule has 0 aromatic rings. The van der Waals surface area contributed by atoms with Crippen molar-refractivity contribution >= 4 is 18.0 Å². The molecule has 2 amide bonds. The first-order valence-corrected chi connectivity index (χ1v) is 4.47. The quantitative estimate of drug-likeness (QED) is 0.622. The topological polar surface area (TPSA) is 110 Å². The molecule has 0 aromatic heterocycles. The van der Waals surface area contributed by atoms with Crippen LogP contribution in [0.5, 0.6) is 0 Å². The highest BCUT2D eigenvalue weighted by atomic mass is 16.6. The van der Waals surface area contributed by atoms with Crippen molar-refractivity contribution in [2.75, 3.05) is 13.2 Å². The van der Waals surface area contributed by atoms with Crippen molar-refractivity contribution in [2.45, 2.75) is 18.9 Å². The summed E-state index contributed by atoms with van der Waals surface area (Å²) in [6.07, 6.45) is -0.715. The molecule has 1 atom stereocenters. The number of cyclic esters (lactones) is 1. The Labute approximate surface area is 85.8 Å². The van der Waals surface area contributed by atoms with E-state index in [-0.39, 0.29) is 26.0 Å². The van der Waals surface area contributed by atoms with E-state index in [1.807, 2.05) is 0 Å². The van der Waals surface area contributed by atoms with Gasteiger partial charge in [-0.1, -0.05) is 0 Å². The molecule has 1 heterocycles. The lowest BCUT2D eigenvalue weighted by atomic mass is 10.1. The Morgan fingerprint density at radius 3 is 2.67 bits per heavy atom. The number of nitrogens with two attached hydrogens (primary N) is 1. The molecule has 0 saturated carbocycles. The Balaban J connectivity index is 2.61. The Kier molecular flexibility index (Phi) is 3.48. The van der Waals surface area contributed by atoms with Crippen LogP contribution in [0, 0.1) is 0 Å². The van der Waals surface area contributed by atoms with Gasteiger partial charge in [-0.25, -0.2) is 9.59 Å². The van der Waals surface area contributed by atoms with Gasteiger partial charge in [-0.15, -0.1) is 0 Å². The van der Waals surface area contributed by atoms with Crippen molar-refractivity contribution in [1.29, 1.82) is 0 Å². The third kappa shape index (κ3) is 2.83. The first kappa shape index (κ1) is 11.3. The highest BCUT2D eigenvalue weighted by Crippen LogP contribution is 2.13. The normalized spacial score (nSPS) is 17.3. The molecule has 7 heteroatoms. The van der Waals surface area contributed by atoms with Gasteiger partial charge in [0.1, 0.15) is 12.6 Å². The molecule has 1 aliphatic rings. The van der Waals surface area contributed by atoms with Gasteiger partial charge in [0.25, 0.3) is 0 Å². The van der Waals surface area contributed by atoms with Gasteiger partial charge in [0.05, 0.1) is 6.54 Å². The maximum Gasteiger partial charge on any atom is 0.410 e. The largest absolute Gasteiger partial charge is 0.480 e. The van der Waals surface area contributed by atoms with E-state index in [0.29, 0.717) is 0 Å². The summed E-state index contributed by atoms with van der Waals surface area (Å²) in [6.45, 7) is 0.410. The fraction of sp³-hybridized carbons (Fsp3) is 0.625. The van der Waals surface area contributed by atoms with Crippen LogP contribution in [0.4, 0.5) is 4.79 Å². The number of rotatable bonds is 5. The summed E-state index contributed by atoms with van der Waals surface area (Å²) >= 11 is 0. The van der Waals surface area contributed by atoms with E-state index >= 15 is 0 Å². The van der Waals surface area contributed by atoms with Gasteiger partial charge < -0.3 is 15.6 Å². The Bertz CT molecular complexity index is 291. The van der Waals surface area contributed by atoms with Crippen LogP contribution in [-0.2, 0) is 14.3 Å². The summed E-state index contributed by atoms with van der Waals surface area (Å²) in [7, 11) is 0. The molecule has 3 N–H and O–H groups in total. The fourth-order valence-corrected chi connectivity index (χ4v) is 1.38. The lowest BCUT2D eigenvalue weighted by molar-refractivity contribution is -0.142. The first-order valence-electron chi connectivity index (χ1n) is 4.47. The van der Waals surface area contributed by atoms with E-state index in [1.165, 1.54) is 0 Å². The molecular formula is C8H12N2O5. The monoisotopic (exact) mass is 216 g/mol. The van der Waals surface area contributed by atoms with Crippen LogP contribution in [0.3, 0.4) is 0 Å². The van der Waals surface area contributed by atoms with E-state index in [0.717, 1.165) is 4.90 Å². The van der Waals surface area contributed by atoms with E-state index in [1.54, 1.807) is 0 Å². The van der Waals surface area contributed by atoms with Crippen LogP contribution < -0.4 is 5.73 Å². The van der Waals surface area contributed by atoms with Crippen LogP contribution >= 0.6 is 0 Å². The minimum atomic E-state index is -1.16. The van der Waals surface area contributed by atoms with Crippen molar-refractivity contribution in [3.63, 3.8) is 0 Å². The zero-order chi connectivity index (χ0) is 11.4. The maximum atomic E-state index is 11.1. The van der Waals surface area contributed by atoms with Crippen LogP contribution in [0.15, 0.2) is 0 Å². The van der Waals surface area contributed by atoms with Crippen molar-refractivity contribution < 1.29 is 24.2 Å². The molecule has 0 radical (unpaired) electrons. The standard InChI is InChI=1S/C8H12N2O5/c9-6(11)2-1-5(7(12)13)10-3-4-15-8(10)14/h5H,1-4H2,(H2,9,11)(H,12,13). The number of amides is 2. The van der Waals surface area contributed by atoms with Gasteiger partial charge in [-0.2, -0.15) is 0 Å². The molecule has 1 unspecified atom stereocenters. The Morgan fingerprint density at radius 1 is 1.60 bits per heavy atom. The number of carbonyl (C=O) groups is 3. The van der Waals surface area contributed by atoms with Gasteiger partial charge in [-0.05, 0) is 6.42 Å². The number of hydrogen-bond donors (Lipinski definition) is 2. The third-order valence-electron chi connectivity index (χ3n) is 2.12. The van der Waals surface area contributed by atoms with Crippen molar-refractivity contribution in [3.05, 3.63) is 0 Å². The Morgan fingerprint density at radius 2 is 2.27 bits per heavy atom. The minimum absolute atomic E-state index is 0.0137. The van der Waals surface area contributed by atoms with Crippen LogP contribution in [0.25, 0.3) is 0 Å². The van der Waals surface area contributed by atoms with E-state index < -0.39 is 24.0 Å². The summed E-state index contributed by atoms with van der Waals surface area (Å²) in [4.78, 5) is 33.5. The lowest BCUT2D eigenvalue weighted by Gasteiger charge is -2.20. The summed E-state index contributed by atoms with van der Waals surface area (Å²) in [5.74, 6) is -1.75. The molecule has 84 valence electrons. The minimum Gasteiger partial charge on any atom is -0.480 e. The molecule has 1 fully saturated rings. The van der Waals surface area contributed by atoms with Crippen molar-refractivity contribution in [3.8, 4) is 0 Å². The number of carbonyl (C=O) groups excluding carboxylic acids is 2. The van der Waals surface area contributed by atoms with E-state index in [2.05, 4.69) is 4.74 Å². The summed E-state index contributed by atoms with van der Waals surface area (Å²) in [5, 5.41) is 8.86. The number of carboxylic acid groups (broad SMARTS) is 1. The number of hydrogen-bond acceptors (Lipinski definition) is 4.